The van der Waals surface area contributed by atoms with Gasteiger partial charge in [-0.15, -0.1) is 10.1 Å². The Balaban J connectivity index is 2.32. The minimum absolute atomic E-state index is 0.0125. The third kappa shape index (κ3) is 7.47. The van der Waals surface area contributed by atoms with Gasteiger partial charge in [-0.25, -0.2) is 4.79 Å². The molecule has 0 aromatic rings. The van der Waals surface area contributed by atoms with Crippen LogP contribution in [0.5, 0.6) is 0 Å². The molecule has 0 saturated carbocycles. The van der Waals surface area contributed by atoms with Crippen LogP contribution in [0.4, 0.5) is 4.79 Å². The van der Waals surface area contributed by atoms with Gasteiger partial charge in [0.25, 0.3) is 5.09 Å². The van der Waals surface area contributed by atoms with Crippen molar-refractivity contribution in [2.24, 2.45) is 0 Å². The molecule has 134 valence electrons. The molecular weight excluding hydrogens is 322 g/mol. The van der Waals surface area contributed by atoms with Gasteiger partial charge in [0, 0.05) is 18.3 Å². The average Bonchev–Trinajstić information content (AvgIpc) is 2.56. The number of rotatable bonds is 9. The first-order valence-corrected chi connectivity index (χ1v) is 7.42. The van der Waals surface area contributed by atoms with Crippen LogP contribution in [0.1, 0.15) is 20.3 Å². The van der Waals surface area contributed by atoms with Crippen molar-refractivity contribution in [3.05, 3.63) is 34.0 Å². The van der Waals surface area contributed by atoms with Crippen LogP contribution < -0.4 is 5.32 Å². The van der Waals surface area contributed by atoms with Gasteiger partial charge in [0.2, 0.25) is 5.91 Å². The van der Waals surface area contributed by atoms with Crippen molar-refractivity contribution in [3.8, 4) is 0 Å². The molecule has 1 amide bonds. The summed E-state index contributed by atoms with van der Waals surface area (Å²) >= 11 is 0. The topological polar surface area (TPSA) is 120 Å². The zero-order valence-corrected chi connectivity index (χ0v) is 13.6. The van der Waals surface area contributed by atoms with Crippen molar-refractivity contribution in [3.63, 3.8) is 0 Å². The van der Waals surface area contributed by atoms with Crippen LogP contribution in [-0.4, -0.2) is 54.6 Å². The second kappa shape index (κ2) is 10.1. The van der Waals surface area contributed by atoms with Gasteiger partial charge in [0.15, 0.2) is 6.73 Å². The summed E-state index contributed by atoms with van der Waals surface area (Å²) < 4.78 is 9.94. The lowest BCUT2D eigenvalue weighted by Gasteiger charge is -2.23. The van der Waals surface area contributed by atoms with E-state index in [1.165, 1.54) is 0 Å². The molecule has 1 heterocycles. The summed E-state index contributed by atoms with van der Waals surface area (Å²) in [5, 5.41) is 11.6. The molecule has 0 unspecified atom stereocenters. The fraction of sp³-hybridized carbons (Fsp3) is 0.571. The minimum atomic E-state index is -0.924. The molecule has 0 aliphatic carbocycles. The Labute approximate surface area is 139 Å². The maximum absolute atomic E-state index is 11.9. The highest BCUT2D eigenvalue weighted by Crippen LogP contribution is 2.08. The van der Waals surface area contributed by atoms with E-state index in [0.29, 0.717) is 12.0 Å². The van der Waals surface area contributed by atoms with Crippen LogP contribution in [0.25, 0.3) is 0 Å². The predicted octanol–water partition coefficient (Wildman–Crippen LogP) is 0.976. The quantitative estimate of drug-likeness (QED) is 0.285. The van der Waals surface area contributed by atoms with E-state index in [2.05, 4.69) is 10.2 Å². The van der Waals surface area contributed by atoms with Crippen molar-refractivity contribution in [2.45, 2.75) is 26.4 Å². The van der Waals surface area contributed by atoms with Crippen LogP contribution >= 0.6 is 0 Å². The standard InChI is InChI=1S/C14H21N3O7/c1-3-11(2)24-14(19)22-10-16-7-4-5-12(9-16)13(18)15-6-8-23-17(20)21/h4-5,7,11H,3,6,8-10H2,1-2H3,(H,15,18)/t11-/m1/s1. The number of hydrogen-bond acceptors (Lipinski definition) is 8. The van der Waals surface area contributed by atoms with Gasteiger partial charge < -0.3 is 24.5 Å². The fourth-order valence-corrected chi connectivity index (χ4v) is 1.66. The van der Waals surface area contributed by atoms with E-state index in [-0.39, 0.29) is 38.4 Å². The first kappa shape index (κ1) is 19.3. The molecule has 0 fully saturated rings. The van der Waals surface area contributed by atoms with Crippen LogP contribution in [0.2, 0.25) is 0 Å². The lowest BCUT2D eigenvalue weighted by atomic mass is 10.2. The molecule has 0 aromatic heterocycles. The van der Waals surface area contributed by atoms with Crippen LogP contribution in [0, 0.1) is 10.1 Å². The van der Waals surface area contributed by atoms with Gasteiger partial charge >= 0.3 is 6.16 Å². The number of carbonyl (C=O) groups is 2. The Kier molecular flexibility index (Phi) is 8.09. The van der Waals surface area contributed by atoms with E-state index < -0.39 is 11.2 Å². The second-order valence-corrected chi connectivity index (χ2v) is 4.95. The van der Waals surface area contributed by atoms with E-state index in [1.807, 2.05) is 6.92 Å². The molecule has 1 aliphatic rings. The summed E-state index contributed by atoms with van der Waals surface area (Å²) in [5.41, 5.74) is 0.428. The number of amides is 1. The summed E-state index contributed by atoms with van der Waals surface area (Å²) in [7, 11) is 0. The van der Waals surface area contributed by atoms with Crippen molar-refractivity contribution in [2.75, 3.05) is 26.4 Å². The lowest BCUT2D eigenvalue weighted by molar-refractivity contribution is -0.757. The molecule has 0 saturated heterocycles. The summed E-state index contributed by atoms with van der Waals surface area (Å²) in [4.78, 5) is 39.1. The first-order chi connectivity index (χ1) is 11.4. The molecule has 1 rings (SSSR count). The SMILES string of the molecule is CC[C@@H](C)OC(=O)OCN1C=CC=C(C(=O)NCCO[N+](=O)[O-])C1. The zero-order valence-electron chi connectivity index (χ0n) is 13.6. The average molecular weight is 343 g/mol. The number of nitrogens with one attached hydrogen (secondary N) is 1. The molecule has 1 atom stereocenters. The Morgan fingerprint density at radius 1 is 1.50 bits per heavy atom. The van der Waals surface area contributed by atoms with Crippen molar-refractivity contribution < 1.29 is 29.0 Å². The van der Waals surface area contributed by atoms with Gasteiger partial charge in [-0.1, -0.05) is 13.0 Å². The summed E-state index contributed by atoms with van der Waals surface area (Å²) in [5.74, 6) is -0.376. The highest BCUT2D eigenvalue weighted by atomic mass is 16.9. The fourth-order valence-electron chi connectivity index (χ4n) is 1.66. The maximum Gasteiger partial charge on any atom is 0.510 e. The minimum Gasteiger partial charge on any atom is -0.431 e. The number of carbonyl (C=O) groups excluding carboxylic acids is 2. The van der Waals surface area contributed by atoms with E-state index in [9.17, 15) is 19.7 Å². The lowest BCUT2D eigenvalue weighted by Crippen LogP contribution is -2.35. The van der Waals surface area contributed by atoms with E-state index in [0.717, 1.165) is 0 Å². The van der Waals surface area contributed by atoms with Gasteiger partial charge in [-0.3, -0.25) is 4.79 Å². The Hall–Kier alpha value is -2.78. The first-order valence-electron chi connectivity index (χ1n) is 7.42. The molecule has 24 heavy (non-hydrogen) atoms. The van der Waals surface area contributed by atoms with Crippen molar-refractivity contribution >= 4 is 12.1 Å². The third-order valence-corrected chi connectivity index (χ3v) is 3.06. The molecule has 0 spiro atoms. The molecule has 1 N–H and O–H groups in total. The van der Waals surface area contributed by atoms with E-state index in [1.54, 1.807) is 30.2 Å². The second-order valence-electron chi connectivity index (χ2n) is 4.95. The molecule has 10 nitrogen and oxygen atoms in total. The largest absolute Gasteiger partial charge is 0.510 e. The number of nitrogens with zero attached hydrogens (tertiary/aromatic N) is 2. The molecule has 10 heteroatoms. The van der Waals surface area contributed by atoms with Crippen LogP contribution in [0.3, 0.4) is 0 Å². The maximum atomic E-state index is 11.9. The number of hydrogen-bond donors (Lipinski definition) is 1. The van der Waals surface area contributed by atoms with Crippen LogP contribution in [0.15, 0.2) is 23.9 Å². The van der Waals surface area contributed by atoms with Crippen molar-refractivity contribution in [1.29, 1.82) is 0 Å². The predicted molar refractivity (Wildman–Crippen MR) is 82.1 cm³/mol. The number of allylic oxidation sites excluding steroid dienone is 2. The third-order valence-electron chi connectivity index (χ3n) is 3.06. The highest BCUT2D eigenvalue weighted by Gasteiger charge is 2.16. The summed E-state index contributed by atoms with van der Waals surface area (Å²) in [6, 6.07) is 0. The summed E-state index contributed by atoms with van der Waals surface area (Å²) in [6.45, 7) is 3.61. The normalized spacial score (nSPS) is 14.4. The Bertz CT molecular complexity index is 518. The monoisotopic (exact) mass is 343 g/mol. The summed E-state index contributed by atoms with van der Waals surface area (Å²) in [6.07, 6.45) is 4.61. The van der Waals surface area contributed by atoms with Crippen LogP contribution in [-0.2, 0) is 19.1 Å². The highest BCUT2D eigenvalue weighted by molar-refractivity contribution is 5.94. The van der Waals surface area contributed by atoms with E-state index in [4.69, 9.17) is 9.47 Å². The Morgan fingerprint density at radius 3 is 2.92 bits per heavy atom. The molecule has 0 aromatic carbocycles. The van der Waals surface area contributed by atoms with Gasteiger partial charge in [0.05, 0.1) is 6.54 Å². The van der Waals surface area contributed by atoms with Gasteiger partial charge in [-0.2, -0.15) is 0 Å². The van der Waals surface area contributed by atoms with E-state index >= 15 is 0 Å². The van der Waals surface area contributed by atoms with Gasteiger partial charge in [0.1, 0.15) is 12.7 Å². The smallest absolute Gasteiger partial charge is 0.431 e. The zero-order chi connectivity index (χ0) is 17.9. The number of ether oxygens (including phenoxy) is 2. The molecule has 0 bridgehead atoms. The van der Waals surface area contributed by atoms with Crippen molar-refractivity contribution in [1.82, 2.24) is 10.2 Å². The molecule has 1 aliphatic heterocycles. The Morgan fingerprint density at radius 2 is 2.25 bits per heavy atom. The van der Waals surface area contributed by atoms with Gasteiger partial charge in [-0.05, 0) is 19.4 Å². The molecule has 0 radical (unpaired) electrons. The molecular formula is C14H21N3O7.